The molecule has 0 aliphatic carbocycles. The number of likely N-dealkylation sites (tertiary alicyclic amines) is 1. The molecule has 1 atom stereocenters. The van der Waals surface area contributed by atoms with Gasteiger partial charge in [-0.15, -0.1) is 0 Å². The number of amides is 3. The first-order valence-electron chi connectivity index (χ1n) is 10.2. The lowest BCUT2D eigenvalue weighted by atomic mass is 10.2. The predicted octanol–water partition coefficient (Wildman–Crippen LogP) is 2.55. The van der Waals surface area contributed by atoms with Crippen LogP contribution in [0.1, 0.15) is 22.3 Å². The number of anilines is 1. The molecule has 2 aromatic rings. The smallest absolute Gasteiger partial charge is 0.321 e. The molecule has 0 bridgehead atoms. The van der Waals surface area contributed by atoms with Gasteiger partial charge in [0.25, 0.3) is 5.91 Å². The van der Waals surface area contributed by atoms with Crippen LogP contribution >= 0.6 is 0 Å². The summed E-state index contributed by atoms with van der Waals surface area (Å²) >= 11 is 0. The van der Waals surface area contributed by atoms with E-state index in [0.717, 1.165) is 11.3 Å². The van der Waals surface area contributed by atoms with Crippen molar-refractivity contribution in [3.8, 4) is 5.88 Å². The van der Waals surface area contributed by atoms with Crippen LogP contribution in [0.2, 0.25) is 0 Å². The number of aryl methyl sites for hydroxylation is 1. The molecule has 0 radical (unpaired) electrons. The van der Waals surface area contributed by atoms with Crippen molar-refractivity contribution in [1.29, 1.82) is 0 Å². The molecule has 2 aliphatic rings. The lowest BCUT2D eigenvalue weighted by Gasteiger charge is -2.27. The Morgan fingerprint density at radius 3 is 2.63 bits per heavy atom. The van der Waals surface area contributed by atoms with Gasteiger partial charge in [-0.1, -0.05) is 17.7 Å². The van der Waals surface area contributed by atoms with Crippen molar-refractivity contribution in [2.45, 2.75) is 19.4 Å². The summed E-state index contributed by atoms with van der Waals surface area (Å²) in [7, 11) is 0. The van der Waals surface area contributed by atoms with Crippen molar-refractivity contribution in [1.82, 2.24) is 14.8 Å². The molecule has 2 fully saturated rings. The van der Waals surface area contributed by atoms with Crippen molar-refractivity contribution in [2.75, 3.05) is 44.7 Å². The second kappa shape index (κ2) is 9.13. The van der Waals surface area contributed by atoms with E-state index in [-0.39, 0.29) is 18.0 Å². The highest BCUT2D eigenvalue weighted by molar-refractivity contribution is 5.96. The number of aromatic nitrogens is 1. The zero-order valence-corrected chi connectivity index (χ0v) is 17.0. The first-order chi connectivity index (χ1) is 14.6. The van der Waals surface area contributed by atoms with Gasteiger partial charge in [0.2, 0.25) is 5.88 Å². The molecule has 8 nitrogen and oxygen atoms in total. The first kappa shape index (κ1) is 20.2. The van der Waals surface area contributed by atoms with Crippen LogP contribution < -0.4 is 10.1 Å². The highest BCUT2D eigenvalue weighted by atomic mass is 16.5. The van der Waals surface area contributed by atoms with Gasteiger partial charge in [-0.25, -0.2) is 9.78 Å². The third kappa shape index (κ3) is 4.71. The molecular formula is C22H26N4O4. The molecule has 3 amide bonds. The Kier molecular flexibility index (Phi) is 6.13. The van der Waals surface area contributed by atoms with Crippen molar-refractivity contribution in [3.05, 3.63) is 53.7 Å². The summed E-state index contributed by atoms with van der Waals surface area (Å²) in [5.41, 5.74) is 2.35. The van der Waals surface area contributed by atoms with Gasteiger partial charge in [0.1, 0.15) is 11.7 Å². The van der Waals surface area contributed by atoms with E-state index in [0.29, 0.717) is 57.3 Å². The Bertz CT molecular complexity index is 896. The van der Waals surface area contributed by atoms with Gasteiger partial charge in [0.15, 0.2) is 0 Å². The molecule has 158 valence electrons. The summed E-state index contributed by atoms with van der Waals surface area (Å²) in [4.78, 5) is 33.2. The van der Waals surface area contributed by atoms with Crippen molar-refractivity contribution < 1.29 is 19.1 Å². The Morgan fingerprint density at radius 1 is 1.10 bits per heavy atom. The number of nitrogens with one attached hydrogen (secondary N) is 1. The average Bonchev–Trinajstić information content (AvgIpc) is 3.24. The first-order valence-corrected chi connectivity index (χ1v) is 10.2. The number of hydrogen-bond donors (Lipinski definition) is 1. The summed E-state index contributed by atoms with van der Waals surface area (Å²) in [6, 6.07) is 11.0. The Balaban J connectivity index is 1.37. The summed E-state index contributed by atoms with van der Waals surface area (Å²) in [5.74, 6) is 0.216. The van der Waals surface area contributed by atoms with E-state index in [1.807, 2.05) is 31.2 Å². The quantitative estimate of drug-likeness (QED) is 0.838. The van der Waals surface area contributed by atoms with Gasteiger partial charge in [-0.2, -0.15) is 0 Å². The maximum atomic E-state index is 12.9. The fraction of sp³-hybridized carbons (Fsp3) is 0.409. The van der Waals surface area contributed by atoms with Crippen LogP contribution in [0.15, 0.2) is 42.6 Å². The van der Waals surface area contributed by atoms with Gasteiger partial charge in [0, 0.05) is 37.9 Å². The molecule has 0 saturated carbocycles. The minimum atomic E-state index is -0.208. The normalized spacial score (nSPS) is 18.9. The summed E-state index contributed by atoms with van der Waals surface area (Å²) < 4.78 is 11.4. The van der Waals surface area contributed by atoms with Gasteiger partial charge >= 0.3 is 6.03 Å². The van der Waals surface area contributed by atoms with E-state index in [1.165, 1.54) is 0 Å². The lowest BCUT2D eigenvalue weighted by molar-refractivity contribution is 0.0298. The molecule has 3 heterocycles. The summed E-state index contributed by atoms with van der Waals surface area (Å²) in [6.07, 6.45) is 2.09. The number of hydrogen-bond acceptors (Lipinski definition) is 5. The highest BCUT2D eigenvalue weighted by Gasteiger charge is 2.30. The number of ether oxygens (including phenoxy) is 2. The zero-order chi connectivity index (χ0) is 20.9. The topological polar surface area (TPSA) is 84.0 Å². The van der Waals surface area contributed by atoms with Crippen LogP contribution in [0.5, 0.6) is 5.88 Å². The van der Waals surface area contributed by atoms with Gasteiger partial charge < -0.3 is 24.6 Å². The van der Waals surface area contributed by atoms with E-state index < -0.39 is 0 Å². The van der Waals surface area contributed by atoms with Crippen LogP contribution in [0.4, 0.5) is 10.5 Å². The Labute approximate surface area is 175 Å². The molecule has 0 spiro atoms. The molecular weight excluding hydrogens is 384 g/mol. The van der Waals surface area contributed by atoms with E-state index in [9.17, 15) is 9.59 Å². The van der Waals surface area contributed by atoms with E-state index in [2.05, 4.69) is 10.3 Å². The van der Waals surface area contributed by atoms with E-state index >= 15 is 0 Å². The number of benzene rings is 1. The molecule has 8 heteroatoms. The number of nitrogens with zero attached hydrogens (tertiary/aromatic N) is 3. The zero-order valence-electron chi connectivity index (χ0n) is 17.0. The molecule has 30 heavy (non-hydrogen) atoms. The average molecular weight is 410 g/mol. The third-order valence-corrected chi connectivity index (χ3v) is 5.31. The minimum absolute atomic E-state index is 0.103. The van der Waals surface area contributed by atoms with Crippen LogP contribution in [0, 0.1) is 6.92 Å². The predicted molar refractivity (Wildman–Crippen MR) is 112 cm³/mol. The van der Waals surface area contributed by atoms with Crippen LogP contribution in [-0.2, 0) is 4.74 Å². The van der Waals surface area contributed by atoms with Gasteiger partial charge in [0.05, 0.1) is 19.8 Å². The summed E-state index contributed by atoms with van der Waals surface area (Å²) in [6.45, 7) is 5.23. The maximum absolute atomic E-state index is 12.9. The van der Waals surface area contributed by atoms with Crippen molar-refractivity contribution in [3.63, 3.8) is 0 Å². The van der Waals surface area contributed by atoms with E-state index in [4.69, 9.17) is 9.47 Å². The van der Waals surface area contributed by atoms with Gasteiger partial charge in [-0.3, -0.25) is 4.79 Å². The molecule has 1 unspecified atom stereocenters. The van der Waals surface area contributed by atoms with Crippen molar-refractivity contribution in [2.24, 2.45) is 0 Å². The van der Waals surface area contributed by atoms with Crippen LogP contribution in [-0.4, -0.2) is 72.2 Å². The monoisotopic (exact) mass is 410 g/mol. The minimum Gasteiger partial charge on any atom is -0.472 e. The number of pyridine rings is 1. The van der Waals surface area contributed by atoms with Crippen molar-refractivity contribution >= 4 is 17.6 Å². The SMILES string of the molecule is Cc1ccc(NC(=O)N2CCC(Oc3ncccc3C(=O)N3CCOCC3)C2)cc1. The lowest BCUT2D eigenvalue weighted by Crippen LogP contribution is -2.41. The number of rotatable bonds is 4. The Morgan fingerprint density at radius 2 is 1.87 bits per heavy atom. The number of carbonyl (C=O) groups excluding carboxylic acids is 2. The molecule has 1 N–H and O–H groups in total. The fourth-order valence-corrected chi connectivity index (χ4v) is 3.59. The maximum Gasteiger partial charge on any atom is 0.321 e. The second-order valence-corrected chi connectivity index (χ2v) is 7.53. The Hall–Kier alpha value is -3.13. The van der Waals surface area contributed by atoms with Crippen LogP contribution in [0.3, 0.4) is 0 Å². The van der Waals surface area contributed by atoms with Gasteiger partial charge in [-0.05, 0) is 31.2 Å². The molecule has 2 saturated heterocycles. The molecule has 4 rings (SSSR count). The second-order valence-electron chi connectivity index (χ2n) is 7.53. The number of morpholine rings is 1. The van der Waals surface area contributed by atoms with E-state index in [1.54, 1.807) is 28.1 Å². The largest absolute Gasteiger partial charge is 0.472 e. The molecule has 1 aromatic carbocycles. The third-order valence-electron chi connectivity index (χ3n) is 5.31. The van der Waals surface area contributed by atoms with Crippen LogP contribution in [0.25, 0.3) is 0 Å². The molecule has 1 aromatic heterocycles. The standard InChI is InChI=1S/C22H26N4O4/c1-16-4-6-17(7-5-16)24-22(28)26-10-8-18(15-26)30-20-19(3-2-9-23-20)21(27)25-11-13-29-14-12-25/h2-7,9,18H,8,10-15H2,1H3,(H,24,28). The summed E-state index contributed by atoms with van der Waals surface area (Å²) in [5, 5.41) is 2.91. The number of urea groups is 1. The highest BCUT2D eigenvalue weighted by Crippen LogP contribution is 2.23. The molecule has 2 aliphatic heterocycles. The number of carbonyl (C=O) groups is 2. The fourth-order valence-electron chi connectivity index (χ4n) is 3.59.